The van der Waals surface area contributed by atoms with Crippen molar-refractivity contribution in [3.63, 3.8) is 0 Å². The van der Waals surface area contributed by atoms with Gasteiger partial charge in [-0.25, -0.2) is 4.57 Å². The molecule has 0 aromatic carbocycles. The van der Waals surface area contributed by atoms with Gasteiger partial charge < -0.3 is 34.8 Å². The summed E-state index contributed by atoms with van der Waals surface area (Å²) in [5.41, 5.74) is 0. The standard InChI is InChI=1S/C46H79O12P/c1-3-5-7-8-9-10-11-12-13-14-15-16-17-18-22-25-29-35-45(51)55-39-44(40-57-59(53,54)56-38-43(50)37-47)58-46(52)36-30-34-42(49)33-28-24-21-19-20-23-27-32-41(48)31-26-6-4-2/h9-10,12-13,20-21,23-24,27-28,32-33,41-44,47-50H,3-8,11,14-19,22,25-26,29-31,34-40H2,1-2H3,(H,53,54)/b10-9-,13-12-,23-20-,24-21-,32-27+,33-28+/t41-,42-,43+,44-/m1/s1. The van der Waals surface area contributed by atoms with E-state index < -0.39 is 70.6 Å². The summed E-state index contributed by atoms with van der Waals surface area (Å²) < 4.78 is 32.5. The van der Waals surface area contributed by atoms with Gasteiger partial charge in [0.1, 0.15) is 12.7 Å². The predicted octanol–water partition coefficient (Wildman–Crippen LogP) is 9.61. The third-order valence-corrected chi connectivity index (χ3v) is 9.99. The smallest absolute Gasteiger partial charge is 0.462 e. The van der Waals surface area contributed by atoms with E-state index >= 15 is 0 Å². The van der Waals surface area contributed by atoms with Crippen molar-refractivity contribution in [2.75, 3.05) is 26.4 Å². The summed E-state index contributed by atoms with van der Waals surface area (Å²) in [5, 5.41) is 38.5. The average Bonchev–Trinajstić information content (AvgIpc) is 3.21. The molecule has 0 fully saturated rings. The second kappa shape index (κ2) is 40.7. The van der Waals surface area contributed by atoms with Gasteiger partial charge in [-0.05, 0) is 64.2 Å². The predicted molar refractivity (Wildman–Crippen MR) is 235 cm³/mol. The van der Waals surface area contributed by atoms with Crippen molar-refractivity contribution in [1.29, 1.82) is 0 Å². The fraction of sp³-hybridized carbons (Fsp3) is 0.696. The quantitative estimate of drug-likeness (QED) is 0.0129. The monoisotopic (exact) mass is 855 g/mol. The number of esters is 2. The third-order valence-electron chi connectivity index (χ3n) is 9.04. The second-order valence-electron chi connectivity index (χ2n) is 14.8. The zero-order chi connectivity index (χ0) is 43.7. The van der Waals surface area contributed by atoms with Crippen molar-refractivity contribution in [3.05, 3.63) is 72.9 Å². The maximum Gasteiger partial charge on any atom is 0.472 e. The molecule has 340 valence electrons. The van der Waals surface area contributed by atoms with Gasteiger partial charge in [-0.1, -0.05) is 151 Å². The lowest BCUT2D eigenvalue weighted by Crippen LogP contribution is -2.30. The highest BCUT2D eigenvalue weighted by atomic mass is 31.2. The number of hydrogen-bond donors (Lipinski definition) is 5. The van der Waals surface area contributed by atoms with Crippen molar-refractivity contribution in [3.8, 4) is 0 Å². The Hall–Kier alpha value is -2.67. The molecule has 0 rings (SSSR count). The van der Waals surface area contributed by atoms with Gasteiger partial charge in [-0.15, -0.1) is 0 Å². The van der Waals surface area contributed by atoms with E-state index in [0.29, 0.717) is 12.8 Å². The molecule has 0 radical (unpaired) electrons. The van der Waals surface area contributed by atoms with Gasteiger partial charge in [-0.2, -0.15) is 0 Å². The normalized spacial score (nSPS) is 15.6. The van der Waals surface area contributed by atoms with Crippen LogP contribution >= 0.6 is 7.82 Å². The summed E-state index contributed by atoms with van der Waals surface area (Å²) in [5.74, 6) is -1.17. The topological polar surface area (TPSA) is 189 Å². The molecule has 5 atom stereocenters. The largest absolute Gasteiger partial charge is 0.472 e. The Morgan fingerprint density at radius 3 is 1.69 bits per heavy atom. The molecule has 12 nitrogen and oxygen atoms in total. The van der Waals surface area contributed by atoms with Gasteiger partial charge >= 0.3 is 19.8 Å². The van der Waals surface area contributed by atoms with E-state index in [1.54, 1.807) is 18.2 Å². The van der Waals surface area contributed by atoms with Crippen molar-refractivity contribution in [2.24, 2.45) is 0 Å². The fourth-order valence-electron chi connectivity index (χ4n) is 5.53. The number of aliphatic hydroxyl groups is 4. The molecule has 1 unspecified atom stereocenters. The number of ether oxygens (including phenoxy) is 2. The van der Waals surface area contributed by atoms with Crippen molar-refractivity contribution < 1.29 is 58.0 Å². The molecule has 0 amide bonds. The lowest BCUT2D eigenvalue weighted by molar-refractivity contribution is -0.161. The Bertz CT molecular complexity index is 1240. The van der Waals surface area contributed by atoms with E-state index in [0.717, 1.165) is 64.2 Å². The van der Waals surface area contributed by atoms with Crippen LogP contribution in [0.25, 0.3) is 0 Å². The van der Waals surface area contributed by atoms with E-state index in [1.807, 2.05) is 30.4 Å². The van der Waals surface area contributed by atoms with Crippen LogP contribution in [0.3, 0.4) is 0 Å². The molecule has 0 aromatic heterocycles. The number of allylic oxidation sites excluding steroid dienone is 10. The molecule has 5 N–H and O–H groups in total. The maximum absolute atomic E-state index is 12.6. The van der Waals surface area contributed by atoms with Gasteiger partial charge in [0.2, 0.25) is 0 Å². The Morgan fingerprint density at radius 1 is 0.576 bits per heavy atom. The number of hydrogen-bond acceptors (Lipinski definition) is 11. The van der Waals surface area contributed by atoms with Crippen LogP contribution < -0.4 is 0 Å². The molecule has 0 aliphatic rings. The number of unbranched alkanes of at least 4 members (excludes halogenated alkanes) is 12. The number of carbonyl (C=O) groups excluding carboxylic acids is 2. The fourth-order valence-corrected chi connectivity index (χ4v) is 6.32. The number of phosphoric acid groups is 1. The first-order chi connectivity index (χ1) is 28.5. The number of aliphatic hydroxyl groups excluding tert-OH is 4. The number of phosphoric ester groups is 1. The number of rotatable bonds is 40. The third kappa shape index (κ3) is 40.5. The highest BCUT2D eigenvalue weighted by molar-refractivity contribution is 7.47. The minimum Gasteiger partial charge on any atom is -0.462 e. The summed E-state index contributed by atoms with van der Waals surface area (Å²) in [6, 6.07) is 0. The van der Waals surface area contributed by atoms with E-state index in [-0.39, 0.29) is 25.7 Å². The van der Waals surface area contributed by atoms with Gasteiger partial charge in [0, 0.05) is 12.8 Å². The molecule has 0 heterocycles. The molecule has 0 saturated heterocycles. The van der Waals surface area contributed by atoms with Crippen LogP contribution in [-0.4, -0.2) is 88.1 Å². The van der Waals surface area contributed by atoms with E-state index in [4.69, 9.17) is 19.1 Å². The Morgan fingerprint density at radius 2 is 1.08 bits per heavy atom. The minimum absolute atomic E-state index is 0.0691. The molecule has 13 heteroatoms. The molecular weight excluding hydrogens is 775 g/mol. The highest BCUT2D eigenvalue weighted by Gasteiger charge is 2.27. The summed E-state index contributed by atoms with van der Waals surface area (Å²) in [7, 11) is -4.69. The lowest BCUT2D eigenvalue weighted by atomic mass is 10.1. The zero-order valence-electron chi connectivity index (χ0n) is 36.2. The molecule has 0 bridgehead atoms. The molecule has 0 spiro atoms. The maximum atomic E-state index is 12.6. The lowest BCUT2D eigenvalue weighted by Gasteiger charge is -2.20. The Labute approximate surface area is 355 Å². The first-order valence-corrected chi connectivity index (χ1v) is 23.6. The van der Waals surface area contributed by atoms with Crippen LogP contribution in [0.1, 0.15) is 155 Å². The molecular formula is C46H79O12P. The highest BCUT2D eigenvalue weighted by Crippen LogP contribution is 2.43. The average molecular weight is 855 g/mol. The summed E-state index contributed by atoms with van der Waals surface area (Å²) in [6.45, 7) is 1.97. The molecule has 0 aromatic rings. The van der Waals surface area contributed by atoms with Crippen LogP contribution in [0.5, 0.6) is 0 Å². The Kier molecular flexibility index (Phi) is 38.9. The van der Waals surface area contributed by atoms with Crippen molar-refractivity contribution in [2.45, 2.75) is 180 Å². The van der Waals surface area contributed by atoms with E-state index in [1.165, 1.54) is 38.5 Å². The number of carbonyl (C=O) groups is 2. The van der Waals surface area contributed by atoms with Crippen LogP contribution in [-0.2, 0) is 32.7 Å². The summed E-state index contributed by atoms with van der Waals surface area (Å²) >= 11 is 0. The summed E-state index contributed by atoms with van der Waals surface area (Å²) in [6.07, 6.45) is 39.3. The van der Waals surface area contributed by atoms with Gasteiger partial charge in [-0.3, -0.25) is 18.6 Å². The van der Waals surface area contributed by atoms with E-state index in [2.05, 4.69) is 42.7 Å². The van der Waals surface area contributed by atoms with Crippen LogP contribution in [0.2, 0.25) is 0 Å². The van der Waals surface area contributed by atoms with Crippen LogP contribution in [0.4, 0.5) is 0 Å². The molecule has 59 heavy (non-hydrogen) atoms. The molecule has 0 aliphatic carbocycles. The van der Waals surface area contributed by atoms with Gasteiger partial charge in [0.05, 0.1) is 32.0 Å². The van der Waals surface area contributed by atoms with Crippen molar-refractivity contribution >= 4 is 19.8 Å². The SMILES string of the molecule is CCCCC/C=C\C/C=C\CCCCCCCCCC(=O)OC[C@H](COP(=O)(O)OC[C@@H](O)CO)OC(=O)CCC[C@H](O)/C=C/C=C\C/C=C\C=C\[C@H](O)CCCCC. The van der Waals surface area contributed by atoms with E-state index in [9.17, 15) is 34.4 Å². The summed E-state index contributed by atoms with van der Waals surface area (Å²) in [4.78, 5) is 35.0. The van der Waals surface area contributed by atoms with Crippen molar-refractivity contribution in [1.82, 2.24) is 0 Å². The molecule has 0 aliphatic heterocycles. The first kappa shape index (κ1) is 56.3. The van der Waals surface area contributed by atoms with Gasteiger partial charge in [0.15, 0.2) is 6.10 Å². The van der Waals surface area contributed by atoms with Crippen LogP contribution in [0.15, 0.2) is 72.9 Å². The second-order valence-corrected chi connectivity index (χ2v) is 16.2. The Balaban J connectivity index is 4.55. The minimum atomic E-state index is -4.69. The van der Waals surface area contributed by atoms with Crippen LogP contribution in [0, 0.1) is 0 Å². The first-order valence-electron chi connectivity index (χ1n) is 22.1. The molecule has 0 saturated carbocycles. The zero-order valence-corrected chi connectivity index (χ0v) is 37.1. The van der Waals surface area contributed by atoms with Gasteiger partial charge in [0.25, 0.3) is 0 Å².